The van der Waals surface area contributed by atoms with E-state index in [0.29, 0.717) is 5.54 Å². The molecule has 3 aliphatic rings. The molecule has 0 aromatic carbocycles. The van der Waals surface area contributed by atoms with Crippen LogP contribution in [0.5, 0.6) is 0 Å². The van der Waals surface area contributed by atoms with E-state index in [1.807, 2.05) is 0 Å². The van der Waals surface area contributed by atoms with Crippen LogP contribution in [-0.2, 0) is 0 Å². The minimum absolute atomic E-state index is 0.533. The molecule has 2 aliphatic heterocycles. The number of nitrogens with one attached hydrogen (secondary N) is 1. The van der Waals surface area contributed by atoms with Crippen molar-refractivity contribution in [3.05, 3.63) is 0 Å². The first-order valence-electron chi connectivity index (χ1n) is 8.75. The Labute approximate surface area is 119 Å². The van der Waals surface area contributed by atoms with Crippen LogP contribution in [0.15, 0.2) is 0 Å². The van der Waals surface area contributed by atoms with Crippen LogP contribution in [0.3, 0.4) is 0 Å². The molecule has 2 atom stereocenters. The molecule has 3 fully saturated rings. The lowest BCUT2D eigenvalue weighted by Crippen LogP contribution is -2.64. The minimum Gasteiger partial charge on any atom is -0.314 e. The first-order valence-corrected chi connectivity index (χ1v) is 8.75. The summed E-state index contributed by atoms with van der Waals surface area (Å²) in [5.41, 5.74) is 0.533. The molecule has 0 spiro atoms. The predicted octanol–water partition coefficient (Wildman–Crippen LogP) is 3.70. The summed E-state index contributed by atoms with van der Waals surface area (Å²) >= 11 is 0. The summed E-state index contributed by atoms with van der Waals surface area (Å²) in [4.78, 5) is 3.00. The maximum absolute atomic E-state index is 3.72. The zero-order chi connectivity index (χ0) is 13.3. The van der Waals surface area contributed by atoms with Gasteiger partial charge >= 0.3 is 0 Å². The Kier molecular flexibility index (Phi) is 4.19. The fourth-order valence-corrected chi connectivity index (χ4v) is 5.29. The van der Waals surface area contributed by atoms with Gasteiger partial charge in [0, 0.05) is 23.7 Å². The van der Waals surface area contributed by atoms with Gasteiger partial charge in [0.05, 0.1) is 0 Å². The maximum atomic E-state index is 3.72. The van der Waals surface area contributed by atoms with Crippen molar-refractivity contribution in [2.45, 2.75) is 102 Å². The van der Waals surface area contributed by atoms with E-state index in [4.69, 9.17) is 0 Å². The third-order valence-electron chi connectivity index (χ3n) is 6.02. The normalized spacial score (nSPS) is 39.2. The van der Waals surface area contributed by atoms with Crippen molar-refractivity contribution in [2.75, 3.05) is 6.54 Å². The lowest BCUT2D eigenvalue weighted by atomic mass is 9.73. The number of nitrogens with zero attached hydrogens (tertiary/aromatic N) is 1. The van der Waals surface area contributed by atoms with Gasteiger partial charge in [0.15, 0.2) is 0 Å². The van der Waals surface area contributed by atoms with Crippen molar-refractivity contribution >= 4 is 0 Å². The molecule has 0 aromatic heterocycles. The van der Waals surface area contributed by atoms with Crippen LogP contribution in [0.1, 0.15) is 78.1 Å². The van der Waals surface area contributed by atoms with Crippen molar-refractivity contribution in [1.82, 2.24) is 10.2 Å². The molecule has 3 rings (SSSR count). The van der Waals surface area contributed by atoms with Crippen LogP contribution in [0, 0.1) is 0 Å². The predicted molar refractivity (Wildman–Crippen MR) is 81.5 cm³/mol. The van der Waals surface area contributed by atoms with Gasteiger partial charge in [0.25, 0.3) is 0 Å². The Morgan fingerprint density at radius 1 is 1.00 bits per heavy atom. The Hall–Kier alpha value is -0.0800. The zero-order valence-electron chi connectivity index (χ0n) is 13.0. The highest BCUT2D eigenvalue weighted by Crippen LogP contribution is 2.44. The highest BCUT2D eigenvalue weighted by molar-refractivity contribution is 5.03. The minimum atomic E-state index is 0.533. The summed E-state index contributed by atoms with van der Waals surface area (Å²) in [7, 11) is 0. The van der Waals surface area contributed by atoms with Crippen molar-refractivity contribution in [1.29, 1.82) is 0 Å². The Morgan fingerprint density at radius 3 is 2.21 bits per heavy atom. The van der Waals surface area contributed by atoms with E-state index in [1.165, 1.54) is 64.2 Å². The van der Waals surface area contributed by atoms with Gasteiger partial charge < -0.3 is 5.32 Å². The van der Waals surface area contributed by atoms with Crippen LogP contribution in [0.4, 0.5) is 0 Å². The molecule has 2 bridgehead atoms. The topological polar surface area (TPSA) is 15.3 Å². The zero-order valence-corrected chi connectivity index (χ0v) is 13.0. The molecule has 2 saturated heterocycles. The molecule has 1 N–H and O–H groups in total. The molecule has 19 heavy (non-hydrogen) atoms. The number of fused-ring (bicyclic) bond motifs is 2. The Bertz CT molecular complexity index is 282. The summed E-state index contributed by atoms with van der Waals surface area (Å²) in [6.07, 6.45) is 14.5. The average Bonchev–Trinajstić information content (AvgIpc) is 2.39. The highest BCUT2D eigenvalue weighted by atomic mass is 15.3. The molecule has 0 amide bonds. The lowest BCUT2D eigenvalue weighted by molar-refractivity contribution is -0.0703. The molecule has 0 aromatic rings. The smallest absolute Gasteiger partial charge is 0.0187 e. The van der Waals surface area contributed by atoms with E-state index in [2.05, 4.69) is 24.1 Å². The van der Waals surface area contributed by atoms with Gasteiger partial charge in [-0.1, -0.05) is 32.6 Å². The van der Waals surface area contributed by atoms with E-state index in [1.54, 1.807) is 0 Å². The molecule has 2 nitrogen and oxygen atoms in total. The fourth-order valence-electron chi connectivity index (χ4n) is 5.29. The van der Waals surface area contributed by atoms with Crippen LogP contribution in [0.2, 0.25) is 0 Å². The van der Waals surface area contributed by atoms with Crippen LogP contribution in [0.25, 0.3) is 0 Å². The maximum Gasteiger partial charge on any atom is 0.0187 e. The van der Waals surface area contributed by atoms with Crippen LogP contribution < -0.4 is 5.32 Å². The molecular weight excluding hydrogens is 232 g/mol. The van der Waals surface area contributed by atoms with E-state index < -0.39 is 0 Å². The van der Waals surface area contributed by atoms with Crippen molar-refractivity contribution in [2.24, 2.45) is 0 Å². The third kappa shape index (κ3) is 2.71. The molecule has 110 valence electrons. The highest BCUT2D eigenvalue weighted by Gasteiger charge is 2.46. The SMILES string of the molecule is CCNC1CC2CCCC(C1)N2C1(C)CCCCC1. The number of piperidine rings is 2. The van der Waals surface area contributed by atoms with Crippen molar-refractivity contribution < 1.29 is 0 Å². The average molecular weight is 264 g/mol. The van der Waals surface area contributed by atoms with Gasteiger partial charge in [-0.25, -0.2) is 0 Å². The monoisotopic (exact) mass is 264 g/mol. The summed E-state index contributed by atoms with van der Waals surface area (Å²) in [6, 6.07) is 2.54. The number of hydrogen-bond acceptors (Lipinski definition) is 2. The largest absolute Gasteiger partial charge is 0.314 e. The molecular formula is C17H32N2. The Morgan fingerprint density at radius 2 is 1.63 bits per heavy atom. The van der Waals surface area contributed by atoms with E-state index >= 15 is 0 Å². The molecule has 2 heterocycles. The second kappa shape index (κ2) is 5.73. The Balaban J connectivity index is 1.74. The number of rotatable bonds is 3. The standard InChI is InChI=1S/C17H32N2/c1-3-18-14-12-15-8-7-9-16(13-14)19(15)17(2)10-5-4-6-11-17/h14-16,18H,3-13H2,1-2H3. The fraction of sp³-hybridized carbons (Fsp3) is 1.00. The molecule has 2 unspecified atom stereocenters. The van der Waals surface area contributed by atoms with Crippen molar-refractivity contribution in [3.63, 3.8) is 0 Å². The summed E-state index contributed by atoms with van der Waals surface area (Å²) in [5, 5.41) is 3.72. The quantitative estimate of drug-likeness (QED) is 0.836. The summed E-state index contributed by atoms with van der Waals surface area (Å²) < 4.78 is 0. The van der Waals surface area contributed by atoms with Gasteiger partial charge in [-0.2, -0.15) is 0 Å². The second-order valence-corrected chi connectivity index (χ2v) is 7.43. The molecule has 1 saturated carbocycles. The molecule has 0 radical (unpaired) electrons. The summed E-state index contributed by atoms with van der Waals surface area (Å²) in [6.45, 7) is 5.97. The van der Waals surface area contributed by atoms with E-state index in [9.17, 15) is 0 Å². The lowest BCUT2D eigenvalue weighted by Gasteiger charge is -2.58. The van der Waals surface area contributed by atoms with E-state index in [0.717, 1.165) is 24.7 Å². The first-order chi connectivity index (χ1) is 9.23. The van der Waals surface area contributed by atoms with Crippen molar-refractivity contribution in [3.8, 4) is 0 Å². The molecule has 2 heteroatoms. The summed E-state index contributed by atoms with van der Waals surface area (Å²) in [5.74, 6) is 0. The molecule has 1 aliphatic carbocycles. The van der Waals surface area contributed by atoms with E-state index in [-0.39, 0.29) is 0 Å². The van der Waals surface area contributed by atoms with Gasteiger partial charge in [-0.3, -0.25) is 4.90 Å². The van der Waals surface area contributed by atoms with Gasteiger partial charge in [-0.15, -0.1) is 0 Å². The first kappa shape index (κ1) is 13.9. The third-order valence-corrected chi connectivity index (χ3v) is 6.02. The second-order valence-electron chi connectivity index (χ2n) is 7.43. The number of hydrogen-bond donors (Lipinski definition) is 1. The van der Waals surface area contributed by atoms with Gasteiger partial charge in [-0.05, 0) is 52.0 Å². The van der Waals surface area contributed by atoms with Gasteiger partial charge in [0.2, 0.25) is 0 Å². The van der Waals surface area contributed by atoms with Crippen LogP contribution >= 0.6 is 0 Å². The van der Waals surface area contributed by atoms with Crippen LogP contribution in [-0.4, -0.2) is 35.1 Å². The van der Waals surface area contributed by atoms with Gasteiger partial charge in [0.1, 0.15) is 0 Å².